The first-order valence-electron chi connectivity index (χ1n) is 6.11. The molecule has 2 aromatic rings. The zero-order chi connectivity index (χ0) is 16.1. The first-order valence-corrected chi connectivity index (χ1v) is 6.90. The number of amides is 1. The zero-order valence-electron chi connectivity index (χ0n) is 11.5. The highest BCUT2D eigenvalue weighted by Gasteiger charge is 2.06. The van der Waals surface area contributed by atoms with Gasteiger partial charge in [-0.3, -0.25) is 4.79 Å². The minimum Gasteiger partial charge on any atom is -0.395 e. The third-order valence-corrected chi connectivity index (χ3v) is 2.94. The van der Waals surface area contributed by atoms with Crippen LogP contribution < -0.4 is 11.1 Å². The Kier molecular flexibility index (Phi) is 4.72. The smallest absolute Gasteiger partial charge is 0.222 e. The van der Waals surface area contributed by atoms with Gasteiger partial charge in [0.1, 0.15) is 22.2 Å². The molecule has 0 unspecified atom stereocenters. The van der Waals surface area contributed by atoms with Crippen LogP contribution in [0.25, 0.3) is 0 Å². The second-order valence-corrected chi connectivity index (χ2v) is 5.04. The van der Waals surface area contributed by atoms with Crippen molar-refractivity contribution in [3.63, 3.8) is 0 Å². The van der Waals surface area contributed by atoms with Crippen LogP contribution in [0.1, 0.15) is 23.7 Å². The van der Waals surface area contributed by atoms with Crippen molar-refractivity contribution in [2.75, 3.05) is 11.1 Å². The van der Waals surface area contributed by atoms with E-state index in [-0.39, 0.29) is 11.6 Å². The number of pyridine rings is 2. The maximum absolute atomic E-state index is 11.0. The van der Waals surface area contributed by atoms with Crippen LogP contribution in [0.2, 0.25) is 0 Å². The van der Waals surface area contributed by atoms with Crippen molar-refractivity contribution in [3.8, 4) is 17.9 Å². The largest absolute Gasteiger partial charge is 0.395 e. The van der Waals surface area contributed by atoms with E-state index in [0.29, 0.717) is 27.2 Å². The van der Waals surface area contributed by atoms with Gasteiger partial charge in [0.15, 0.2) is 0 Å². The number of nitrogens with zero attached hydrogens (tertiary/aromatic N) is 3. The highest BCUT2D eigenvalue weighted by atomic mass is 79.9. The quantitative estimate of drug-likeness (QED) is 0.601. The molecule has 22 heavy (non-hydrogen) atoms. The van der Waals surface area contributed by atoms with Crippen LogP contribution >= 0.6 is 15.9 Å². The van der Waals surface area contributed by atoms with Crippen molar-refractivity contribution in [1.82, 2.24) is 9.97 Å². The fraction of sp³-hybridized carbons (Fsp3) is 0.0667. The maximum atomic E-state index is 11.0. The van der Waals surface area contributed by atoms with Gasteiger partial charge in [-0.2, -0.15) is 5.26 Å². The predicted octanol–water partition coefficient (Wildman–Crippen LogP) is 2.05. The minimum absolute atomic E-state index is 0.214. The fourth-order valence-electron chi connectivity index (χ4n) is 1.60. The molecule has 6 nitrogen and oxygen atoms in total. The lowest BCUT2D eigenvalue weighted by Gasteiger charge is -2.01. The molecule has 0 fully saturated rings. The Hall–Kier alpha value is -2.90. The number of anilines is 2. The first kappa shape index (κ1) is 15.5. The summed E-state index contributed by atoms with van der Waals surface area (Å²) in [5.74, 6) is 5.89. The van der Waals surface area contributed by atoms with Crippen molar-refractivity contribution in [2.45, 2.75) is 6.92 Å². The summed E-state index contributed by atoms with van der Waals surface area (Å²) in [6.45, 7) is 1.40. The van der Waals surface area contributed by atoms with Gasteiger partial charge in [0.05, 0.1) is 11.3 Å². The molecule has 0 saturated carbocycles. The van der Waals surface area contributed by atoms with E-state index in [1.54, 1.807) is 12.1 Å². The summed E-state index contributed by atoms with van der Waals surface area (Å²) in [5, 5.41) is 11.6. The molecule has 0 bridgehead atoms. The second-order valence-electron chi connectivity index (χ2n) is 4.23. The van der Waals surface area contributed by atoms with Gasteiger partial charge in [0, 0.05) is 18.7 Å². The summed E-state index contributed by atoms with van der Waals surface area (Å²) in [7, 11) is 0. The summed E-state index contributed by atoms with van der Waals surface area (Å²) in [6, 6.07) is 6.84. The number of rotatable bonds is 1. The van der Waals surface area contributed by atoms with E-state index in [4.69, 9.17) is 11.0 Å². The molecule has 0 radical (unpaired) electrons. The van der Waals surface area contributed by atoms with Gasteiger partial charge in [0.25, 0.3) is 0 Å². The van der Waals surface area contributed by atoms with Crippen LogP contribution in [-0.4, -0.2) is 15.9 Å². The van der Waals surface area contributed by atoms with E-state index in [1.807, 2.05) is 6.07 Å². The molecule has 0 atom stereocenters. The average Bonchev–Trinajstić information content (AvgIpc) is 2.47. The standard InChI is InChI=1S/C15H10BrN5O/c1-9(22)20-14-6-10(4-5-19-14)2-3-12-15(18)11(8-17)7-13(16)21-12/h4-7H,18H2,1H3,(H,19,20,22). The van der Waals surface area contributed by atoms with Crippen molar-refractivity contribution >= 4 is 33.3 Å². The molecular weight excluding hydrogens is 346 g/mol. The van der Waals surface area contributed by atoms with E-state index in [2.05, 4.69) is 43.1 Å². The topological polar surface area (TPSA) is 105 Å². The molecular formula is C15H10BrN5O. The predicted molar refractivity (Wildman–Crippen MR) is 85.6 cm³/mol. The molecule has 2 aromatic heterocycles. The highest BCUT2D eigenvalue weighted by Crippen LogP contribution is 2.19. The molecule has 0 saturated heterocycles. The van der Waals surface area contributed by atoms with Gasteiger partial charge in [-0.05, 0) is 40.0 Å². The van der Waals surface area contributed by atoms with E-state index < -0.39 is 0 Å². The molecule has 0 aromatic carbocycles. The van der Waals surface area contributed by atoms with Crippen LogP contribution in [0.15, 0.2) is 29.0 Å². The molecule has 1 amide bonds. The van der Waals surface area contributed by atoms with Crippen LogP contribution in [0.5, 0.6) is 0 Å². The number of carbonyl (C=O) groups is 1. The summed E-state index contributed by atoms with van der Waals surface area (Å²) in [5.41, 5.74) is 7.33. The summed E-state index contributed by atoms with van der Waals surface area (Å²) < 4.78 is 0.483. The number of nitrogen functional groups attached to an aromatic ring is 1. The normalized spacial score (nSPS) is 9.32. The number of nitrogens with two attached hydrogens (primary N) is 1. The Morgan fingerprint density at radius 1 is 1.41 bits per heavy atom. The van der Waals surface area contributed by atoms with E-state index in [1.165, 1.54) is 19.2 Å². The molecule has 3 N–H and O–H groups in total. The monoisotopic (exact) mass is 355 g/mol. The Labute approximate surface area is 135 Å². The van der Waals surface area contributed by atoms with Crippen molar-refractivity contribution in [3.05, 3.63) is 45.8 Å². The lowest BCUT2D eigenvalue weighted by atomic mass is 10.2. The Balaban J connectivity index is 2.37. The highest BCUT2D eigenvalue weighted by molar-refractivity contribution is 9.10. The van der Waals surface area contributed by atoms with Gasteiger partial charge < -0.3 is 11.1 Å². The molecule has 0 aliphatic carbocycles. The van der Waals surface area contributed by atoms with Gasteiger partial charge in [0.2, 0.25) is 5.91 Å². The van der Waals surface area contributed by atoms with Gasteiger partial charge in [-0.1, -0.05) is 5.92 Å². The van der Waals surface area contributed by atoms with Crippen molar-refractivity contribution in [1.29, 1.82) is 5.26 Å². The third kappa shape index (κ3) is 3.81. The summed E-state index contributed by atoms with van der Waals surface area (Å²) in [4.78, 5) is 19.2. The van der Waals surface area contributed by atoms with Gasteiger partial charge >= 0.3 is 0 Å². The Morgan fingerprint density at radius 2 is 2.18 bits per heavy atom. The lowest BCUT2D eigenvalue weighted by Crippen LogP contribution is -2.07. The number of halogens is 1. The number of carbonyl (C=O) groups excluding carboxylic acids is 1. The second kappa shape index (κ2) is 6.70. The third-order valence-electron chi connectivity index (χ3n) is 2.54. The molecule has 0 spiro atoms. The first-order chi connectivity index (χ1) is 10.5. The van der Waals surface area contributed by atoms with Gasteiger partial charge in [-0.25, -0.2) is 9.97 Å². The van der Waals surface area contributed by atoms with Crippen LogP contribution in [0.3, 0.4) is 0 Å². The van der Waals surface area contributed by atoms with Crippen molar-refractivity contribution in [2.24, 2.45) is 0 Å². The number of hydrogen-bond donors (Lipinski definition) is 2. The zero-order valence-corrected chi connectivity index (χ0v) is 13.1. The summed E-state index contributed by atoms with van der Waals surface area (Å²) >= 11 is 3.21. The average molecular weight is 356 g/mol. The molecule has 2 heterocycles. The van der Waals surface area contributed by atoms with Crippen LogP contribution in [0.4, 0.5) is 11.5 Å². The van der Waals surface area contributed by atoms with E-state index in [0.717, 1.165) is 0 Å². The molecule has 7 heteroatoms. The Morgan fingerprint density at radius 3 is 2.86 bits per heavy atom. The van der Waals surface area contributed by atoms with Crippen LogP contribution in [0, 0.1) is 23.2 Å². The molecule has 108 valence electrons. The lowest BCUT2D eigenvalue weighted by molar-refractivity contribution is -0.114. The maximum Gasteiger partial charge on any atom is 0.222 e. The fourth-order valence-corrected chi connectivity index (χ4v) is 2.01. The van der Waals surface area contributed by atoms with Crippen molar-refractivity contribution < 1.29 is 4.79 Å². The summed E-state index contributed by atoms with van der Waals surface area (Å²) in [6.07, 6.45) is 1.54. The molecule has 0 aliphatic heterocycles. The number of nitriles is 1. The van der Waals surface area contributed by atoms with Gasteiger partial charge in [-0.15, -0.1) is 0 Å². The van der Waals surface area contributed by atoms with E-state index >= 15 is 0 Å². The van der Waals surface area contributed by atoms with E-state index in [9.17, 15) is 4.79 Å². The molecule has 2 rings (SSSR count). The SMILES string of the molecule is CC(=O)Nc1cc(C#Cc2nc(Br)cc(C#N)c2N)ccn1. The Bertz CT molecular complexity index is 845. The number of aromatic nitrogens is 2. The van der Waals surface area contributed by atoms with Crippen LogP contribution in [-0.2, 0) is 4.79 Å². The molecule has 0 aliphatic rings. The number of hydrogen-bond acceptors (Lipinski definition) is 5. The number of nitrogens with one attached hydrogen (secondary N) is 1. The minimum atomic E-state index is -0.214.